The molecule has 6 rings (SSSR count). The number of urea groups is 2. The number of nitrogens with one attached hydrogen (secondary N) is 2. The molecule has 16 heteroatoms. The van der Waals surface area contributed by atoms with Crippen LogP contribution in [0.4, 0.5) is 18.4 Å². The molecule has 0 aromatic heterocycles. The van der Waals surface area contributed by atoms with Gasteiger partial charge in [-0.3, -0.25) is 0 Å². The maximum absolute atomic E-state index is 13.3. The quantitative estimate of drug-likeness (QED) is 0.0708. The van der Waals surface area contributed by atoms with Crippen molar-refractivity contribution in [1.29, 1.82) is 0 Å². The van der Waals surface area contributed by atoms with Gasteiger partial charge < -0.3 is 49.9 Å². The molecule has 4 aromatic rings. The van der Waals surface area contributed by atoms with Crippen LogP contribution in [0.15, 0.2) is 109 Å². The Balaban J connectivity index is 0.000000264. The normalized spacial score (nSPS) is 14.5. The highest BCUT2D eigenvalue weighted by Crippen LogP contribution is 2.22. The third-order valence-electron chi connectivity index (χ3n) is 11.6. The first kappa shape index (κ1) is 56.1. The van der Waals surface area contributed by atoms with E-state index >= 15 is 0 Å². The van der Waals surface area contributed by atoms with Crippen LogP contribution in [0.3, 0.4) is 0 Å². The number of ether oxygens (including phenoxy) is 2. The highest BCUT2D eigenvalue weighted by molar-refractivity contribution is 5.89. The van der Waals surface area contributed by atoms with E-state index in [1.807, 2.05) is 58.3 Å². The second kappa shape index (κ2) is 29.5. The number of hydrogen-bond acceptors (Lipinski definition) is 8. The second-order valence-electron chi connectivity index (χ2n) is 18.6. The summed E-state index contributed by atoms with van der Waals surface area (Å²) < 4.78 is 38.0. The first-order valence-corrected chi connectivity index (χ1v) is 24.0. The predicted molar refractivity (Wildman–Crippen MR) is 267 cm³/mol. The molecule has 0 aliphatic carbocycles. The lowest BCUT2D eigenvalue weighted by Gasteiger charge is -2.37. The fraction of sp³-hybridized carbons (Fsp3) is 0.444. The number of nitrogens with zero attached hydrogens (tertiary/aromatic N) is 4. The number of hydrogen-bond donors (Lipinski definition) is 4. The summed E-state index contributed by atoms with van der Waals surface area (Å²) in [5, 5.41) is 21.8. The Morgan fingerprint density at radius 2 is 0.857 bits per heavy atom. The summed E-state index contributed by atoms with van der Waals surface area (Å²) in [4.78, 5) is 53.7. The van der Waals surface area contributed by atoms with Crippen LogP contribution in [0.5, 0.6) is 11.5 Å². The Hall–Kier alpha value is -6.52. The molecule has 0 atom stereocenters. The Morgan fingerprint density at radius 1 is 0.557 bits per heavy atom. The molecular formula is C54H72F2N6O8. The number of rotatable bonds is 18. The molecule has 14 nitrogen and oxygen atoms in total. The highest BCUT2D eigenvalue weighted by atomic mass is 19.1. The summed E-state index contributed by atoms with van der Waals surface area (Å²) in [6, 6.07) is 28.7. The van der Waals surface area contributed by atoms with E-state index in [2.05, 4.69) is 62.2 Å². The molecule has 0 spiro atoms. The molecule has 4 N–H and O–H groups in total. The van der Waals surface area contributed by atoms with Crippen molar-refractivity contribution in [2.24, 2.45) is 11.8 Å². The molecule has 4 amide bonds. The molecule has 380 valence electrons. The number of aliphatic carboxylic acids is 2. The third-order valence-corrected chi connectivity index (χ3v) is 11.6. The summed E-state index contributed by atoms with van der Waals surface area (Å²) in [5.74, 6) is -0.406. The smallest absolute Gasteiger partial charge is 0.328 e. The second-order valence-corrected chi connectivity index (χ2v) is 18.6. The lowest BCUT2D eigenvalue weighted by molar-refractivity contribution is -0.134. The molecule has 0 radical (unpaired) electrons. The van der Waals surface area contributed by atoms with Gasteiger partial charge in [-0.1, -0.05) is 76.2 Å². The van der Waals surface area contributed by atoms with Gasteiger partial charge in [-0.05, 0) is 149 Å². The molecule has 0 saturated carbocycles. The van der Waals surface area contributed by atoms with E-state index in [1.54, 1.807) is 24.3 Å². The van der Waals surface area contributed by atoms with E-state index < -0.39 is 11.9 Å². The average molecular weight is 971 g/mol. The minimum Gasteiger partial charge on any atom is -0.493 e. The van der Waals surface area contributed by atoms with Crippen LogP contribution >= 0.6 is 0 Å². The SMILES string of the molecule is CC(C)COc1ccc(CNC(=O)N(Cc2ccc(F)cc2)C2CCN(C)CC2)cc1.CC(C)COc1ccc(CNC(=O)N(Cc2ccc(F)cc2)C2CCN(C)CC2)cc1.O=C(O)/C=C/C(=O)O. The van der Waals surface area contributed by atoms with E-state index in [1.165, 1.54) is 24.3 Å². The molecule has 0 unspecified atom stereocenters. The average Bonchev–Trinajstić information content (AvgIpc) is 3.34. The topological polar surface area (TPSA) is 164 Å². The van der Waals surface area contributed by atoms with Gasteiger partial charge in [0, 0.05) is 50.4 Å². The van der Waals surface area contributed by atoms with E-state index in [-0.39, 0.29) is 35.8 Å². The van der Waals surface area contributed by atoms with E-state index in [9.17, 15) is 28.0 Å². The van der Waals surface area contributed by atoms with Crippen LogP contribution in [0.2, 0.25) is 0 Å². The molecule has 70 heavy (non-hydrogen) atoms. The summed E-state index contributed by atoms with van der Waals surface area (Å²) >= 11 is 0. The first-order chi connectivity index (χ1) is 33.4. The van der Waals surface area contributed by atoms with Crippen LogP contribution in [-0.2, 0) is 35.8 Å². The zero-order chi connectivity index (χ0) is 51.0. The van der Waals surface area contributed by atoms with Crippen LogP contribution in [0.1, 0.15) is 75.6 Å². The number of halogens is 2. The van der Waals surface area contributed by atoms with Gasteiger partial charge in [0.2, 0.25) is 0 Å². The maximum atomic E-state index is 13.3. The number of likely N-dealkylation sites (tertiary alicyclic amines) is 2. The Bertz CT molecular complexity index is 2050. The van der Waals surface area contributed by atoms with Crippen molar-refractivity contribution < 1.29 is 47.6 Å². The number of amides is 4. The minimum absolute atomic E-state index is 0.0842. The number of piperidine rings is 2. The van der Waals surface area contributed by atoms with E-state index in [0.717, 1.165) is 85.6 Å². The number of carboxylic acid groups (broad SMARTS) is 2. The van der Waals surface area contributed by atoms with Crippen LogP contribution in [0, 0.1) is 23.5 Å². The monoisotopic (exact) mass is 971 g/mol. The van der Waals surface area contributed by atoms with Crippen LogP contribution in [0.25, 0.3) is 0 Å². The summed E-state index contributed by atoms with van der Waals surface area (Å²) in [6.45, 7) is 15.6. The van der Waals surface area contributed by atoms with Gasteiger partial charge in [0.1, 0.15) is 23.1 Å². The van der Waals surface area contributed by atoms with Gasteiger partial charge in [0.25, 0.3) is 0 Å². The van der Waals surface area contributed by atoms with E-state index in [4.69, 9.17) is 19.7 Å². The molecule has 2 saturated heterocycles. The maximum Gasteiger partial charge on any atom is 0.328 e. The van der Waals surface area contributed by atoms with Crippen molar-refractivity contribution >= 4 is 24.0 Å². The lowest BCUT2D eigenvalue weighted by Crippen LogP contribution is -2.49. The summed E-state index contributed by atoms with van der Waals surface area (Å²) in [7, 11) is 4.21. The van der Waals surface area contributed by atoms with Gasteiger partial charge >= 0.3 is 24.0 Å². The summed E-state index contributed by atoms with van der Waals surface area (Å²) in [5.41, 5.74) is 3.91. The largest absolute Gasteiger partial charge is 0.493 e. The van der Waals surface area contributed by atoms with E-state index in [0.29, 0.717) is 63.4 Å². The fourth-order valence-corrected chi connectivity index (χ4v) is 7.55. The summed E-state index contributed by atoms with van der Waals surface area (Å²) in [6.07, 6.45) is 4.87. The fourth-order valence-electron chi connectivity index (χ4n) is 7.55. The van der Waals surface area contributed by atoms with Crippen LogP contribution < -0.4 is 20.1 Å². The molecule has 4 aromatic carbocycles. The van der Waals surface area contributed by atoms with Crippen molar-refractivity contribution in [2.75, 3.05) is 53.5 Å². The zero-order valence-electron chi connectivity index (χ0n) is 41.5. The number of carboxylic acids is 2. The van der Waals surface area contributed by atoms with Gasteiger partial charge in [-0.2, -0.15) is 0 Å². The predicted octanol–water partition coefficient (Wildman–Crippen LogP) is 9.04. The third kappa shape index (κ3) is 21.4. The molecule has 2 aliphatic heterocycles. The zero-order valence-corrected chi connectivity index (χ0v) is 41.5. The van der Waals surface area contributed by atoms with Gasteiger partial charge in [-0.25, -0.2) is 28.0 Å². The van der Waals surface area contributed by atoms with Crippen molar-refractivity contribution in [3.8, 4) is 11.5 Å². The number of carbonyl (C=O) groups excluding carboxylic acids is 2. The van der Waals surface area contributed by atoms with Crippen molar-refractivity contribution in [2.45, 2.75) is 91.6 Å². The minimum atomic E-state index is -1.26. The van der Waals surface area contributed by atoms with Crippen molar-refractivity contribution in [3.05, 3.63) is 143 Å². The standard InChI is InChI=1S/2C25H34FN3O2.C4H4O4/c2*1-19(2)18-31-24-10-6-20(7-11-24)16-27-25(30)29(23-12-14-28(3)15-13-23)17-21-4-8-22(26)9-5-21;5-3(6)1-2-4(7)8/h2*4-11,19,23H,12-18H2,1-3H3,(H,27,30);1-2H,(H,5,6)(H,7,8)/b;;2-1+. The number of benzene rings is 4. The van der Waals surface area contributed by atoms with Crippen LogP contribution in [-0.4, -0.2) is 119 Å². The first-order valence-electron chi connectivity index (χ1n) is 24.0. The van der Waals surface area contributed by atoms with Gasteiger partial charge in [0.15, 0.2) is 0 Å². The number of carbonyl (C=O) groups is 4. The molecule has 2 aliphatic rings. The molecule has 0 bridgehead atoms. The van der Waals surface area contributed by atoms with Crippen molar-refractivity contribution in [1.82, 2.24) is 30.2 Å². The molecular weight excluding hydrogens is 899 g/mol. The lowest BCUT2D eigenvalue weighted by atomic mass is 10.0. The molecule has 2 heterocycles. The molecule has 2 fully saturated rings. The Labute approximate surface area is 412 Å². The van der Waals surface area contributed by atoms with Gasteiger partial charge in [-0.15, -0.1) is 0 Å². The van der Waals surface area contributed by atoms with Crippen molar-refractivity contribution in [3.63, 3.8) is 0 Å². The Morgan fingerprint density at radius 3 is 1.14 bits per heavy atom. The Kier molecular flexibility index (Phi) is 23.6. The highest BCUT2D eigenvalue weighted by Gasteiger charge is 2.28. The van der Waals surface area contributed by atoms with Gasteiger partial charge in [0.05, 0.1) is 13.2 Å².